The molecule has 20 heavy (non-hydrogen) atoms. The number of nitrogens with one attached hydrogen (secondary N) is 1. The van der Waals surface area contributed by atoms with Crippen molar-refractivity contribution in [2.75, 3.05) is 6.54 Å². The van der Waals surface area contributed by atoms with Crippen molar-refractivity contribution in [3.63, 3.8) is 0 Å². The SMILES string of the molecule is CCCNCc1cn(Cc2cc(F)ccc2F)nc1C. The molecule has 5 heteroatoms. The first-order valence-electron chi connectivity index (χ1n) is 6.77. The van der Waals surface area contributed by atoms with Gasteiger partial charge in [-0.25, -0.2) is 8.78 Å². The van der Waals surface area contributed by atoms with Crippen molar-refractivity contribution in [3.8, 4) is 0 Å². The van der Waals surface area contributed by atoms with Gasteiger partial charge in [0.25, 0.3) is 0 Å². The summed E-state index contributed by atoms with van der Waals surface area (Å²) in [6.45, 7) is 5.95. The highest BCUT2D eigenvalue weighted by Gasteiger charge is 2.08. The lowest BCUT2D eigenvalue weighted by Crippen LogP contribution is -2.13. The van der Waals surface area contributed by atoms with Crippen molar-refractivity contribution < 1.29 is 8.78 Å². The van der Waals surface area contributed by atoms with E-state index in [1.165, 1.54) is 6.07 Å². The summed E-state index contributed by atoms with van der Waals surface area (Å²) in [6.07, 6.45) is 2.95. The van der Waals surface area contributed by atoms with E-state index in [1.807, 2.05) is 13.1 Å². The fraction of sp³-hybridized carbons (Fsp3) is 0.400. The summed E-state index contributed by atoms with van der Waals surface area (Å²) in [6, 6.07) is 3.47. The van der Waals surface area contributed by atoms with Gasteiger partial charge in [0.15, 0.2) is 0 Å². The van der Waals surface area contributed by atoms with Crippen LogP contribution >= 0.6 is 0 Å². The Morgan fingerprint density at radius 3 is 2.80 bits per heavy atom. The number of benzene rings is 1. The van der Waals surface area contributed by atoms with Crippen molar-refractivity contribution >= 4 is 0 Å². The summed E-state index contributed by atoms with van der Waals surface area (Å²) in [5, 5.41) is 7.65. The largest absolute Gasteiger partial charge is 0.313 e. The highest BCUT2D eigenvalue weighted by molar-refractivity contribution is 5.21. The summed E-state index contributed by atoms with van der Waals surface area (Å²) < 4.78 is 28.4. The van der Waals surface area contributed by atoms with Crippen molar-refractivity contribution in [1.29, 1.82) is 0 Å². The Morgan fingerprint density at radius 2 is 2.05 bits per heavy atom. The van der Waals surface area contributed by atoms with E-state index in [2.05, 4.69) is 17.3 Å². The van der Waals surface area contributed by atoms with Crippen LogP contribution < -0.4 is 5.32 Å². The zero-order valence-corrected chi connectivity index (χ0v) is 11.8. The van der Waals surface area contributed by atoms with Gasteiger partial charge in [0, 0.05) is 23.9 Å². The molecule has 0 saturated heterocycles. The second-order valence-corrected chi connectivity index (χ2v) is 4.85. The normalized spacial score (nSPS) is 11.0. The molecule has 2 rings (SSSR count). The fourth-order valence-corrected chi connectivity index (χ4v) is 2.05. The van der Waals surface area contributed by atoms with Crippen LogP contribution in [0.2, 0.25) is 0 Å². The maximum absolute atomic E-state index is 13.6. The molecular weight excluding hydrogens is 260 g/mol. The van der Waals surface area contributed by atoms with Gasteiger partial charge in [-0.3, -0.25) is 4.68 Å². The van der Waals surface area contributed by atoms with Crippen LogP contribution in [0.4, 0.5) is 8.78 Å². The van der Waals surface area contributed by atoms with Crippen molar-refractivity contribution in [3.05, 3.63) is 52.9 Å². The van der Waals surface area contributed by atoms with Gasteiger partial charge in [0.1, 0.15) is 11.6 Å². The van der Waals surface area contributed by atoms with E-state index in [0.717, 1.165) is 42.9 Å². The van der Waals surface area contributed by atoms with Crippen LogP contribution in [0.25, 0.3) is 0 Å². The molecule has 1 aromatic carbocycles. The zero-order valence-electron chi connectivity index (χ0n) is 11.8. The Bertz CT molecular complexity index is 578. The highest BCUT2D eigenvalue weighted by Crippen LogP contribution is 2.13. The van der Waals surface area contributed by atoms with E-state index in [-0.39, 0.29) is 6.54 Å². The third kappa shape index (κ3) is 3.63. The van der Waals surface area contributed by atoms with Crippen molar-refractivity contribution in [1.82, 2.24) is 15.1 Å². The molecule has 1 N–H and O–H groups in total. The number of halogens is 2. The average molecular weight is 279 g/mol. The molecule has 0 fully saturated rings. The lowest BCUT2D eigenvalue weighted by atomic mass is 10.2. The van der Waals surface area contributed by atoms with Crippen molar-refractivity contribution in [2.24, 2.45) is 0 Å². The average Bonchev–Trinajstić information content (AvgIpc) is 2.75. The van der Waals surface area contributed by atoms with E-state index < -0.39 is 11.6 Å². The molecule has 0 atom stereocenters. The minimum Gasteiger partial charge on any atom is -0.313 e. The van der Waals surface area contributed by atoms with Gasteiger partial charge >= 0.3 is 0 Å². The molecule has 0 amide bonds. The number of nitrogens with zero attached hydrogens (tertiary/aromatic N) is 2. The quantitative estimate of drug-likeness (QED) is 0.824. The van der Waals surface area contributed by atoms with Gasteiger partial charge in [-0.2, -0.15) is 5.10 Å². The fourth-order valence-electron chi connectivity index (χ4n) is 2.05. The molecule has 0 bridgehead atoms. The van der Waals surface area contributed by atoms with Crippen LogP contribution in [0.15, 0.2) is 24.4 Å². The predicted molar refractivity (Wildman–Crippen MR) is 74.4 cm³/mol. The van der Waals surface area contributed by atoms with Crippen LogP contribution in [0, 0.1) is 18.6 Å². The number of aryl methyl sites for hydroxylation is 1. The molecule has 0 spiro atoms. The van der Waals surface area contributed by atoms with E-state index in [1.54, 1.807) is 4.68 Å². The lowest BCUT2D eigenvalue weighted by Gasteiger charge is -2.03. The Hall–Kier alpha value is -1.75. The molecule has 0 aliphatic heterocycles. The minimum absolute atomic E-state index is 0.234. The Labute approximate surface area is 117 Å². The molecule has 0 saturated carbocycles. The molecular formula is C15H19F2N3. The number of rotatable bonds is 6. The molecule has 2 aromatic rings. The van der Waals surface area contributed by atoms with Gasteiger partial charge < -0.3 is 5.32 Å². The lowest BCUT2D eigenvalue weighted by molar-refractivity contribution is 0.565. The first kappa shape index (κ1) is 14.7. The van der Waals surface area contributed by atoms with Gasteiger partial charge in [0.2, 0.25) is 0 Å². The molecule has 0 radical (unpaired) electrons. The summed E-state index contributed by atoms with van der Waals surface area (Å²) in [4.78, 5) is 0. The Kier molecular flexibility index (Phi) is 4.84. The van der Waals surface area contributed by atoms with E-state index in [9.17, 15) is 8.78 Å². The first-order chi connectivity index (χ1) is 9.60. The first-order valence-corrected chi connectivity index (χ1v) is 6.77. The van der Waals surface area contributed by atoms with Crippen LogP contribution in [-0.4, -0.2) is 16.3 Å². The highest BCUT2D eigenvalue weighted by atomic mass is 19.1. The second kappa shape index (κ2) is 6.61. The molecule has 0 unspecified atom stereocenters. The molecule has 3 nitrogen and oxygen atoms in total. The van der Waals surface area contributed by atoms with Gasteiger partial charge in [0.05, 0.1) is 12.2 Å². The van der Waals surface area contributed by atoms with Crippen molar-refractivity contribution in [2.45, 2.75) is 33.4 Å². The standard InChI is InChI=1S/C15H19F2N3/c1-3-6-18-8-13-10-20(19-11(13)2)9-12-7-14(16)4-5-15(12)17/h4-5,7,10,18H,3,6,8-9H2,1-2H3. The second-order valence-electron chi connectivity index (χ2n) is 4.85. The van der Waals surface area contributed by atoms with Crippen LogP contribution in [0.3, 0.4) is 0 Å². The van der Waals surface area contributed by atoms with E-state index in [4.69, 9.17) is 0 Å². The van der Waals surface area contributed by atoms with Gasteiger partial charge in [-0.05, 0) is 38.1 Å². The van der Waals surface area contributed by atoms with E-state index in [0.29, 0.717) is 5.56 Å². The molecule has 0 aliphatic carbocycles. The maximum atomic E-state index is 13.6. The number of aromatic nitrogens is 2. The minimum atomic E-state index is -0.435. The monoisotopic (exact) mass is 279 g/mol. The summed E-state index contributed by atoms with van der Waals surface area (Å²) in [5.41, 5.74) is 2.29. The molecule has 1 aromatic heterocycles. The third-order valence-corrected chi connectivity index (χ3v) is 3.13. The summed E-state index contributed by atoms with van der Waals surface area (Å²) in [7, 11) is 0. The molecule has 108 valence electrons. The van der Waals surface area contributed by atoms with Crippen LogP contribution in [-0.2, 0) is 13.1 Å². The Morgan fingerprint density at radius 1 is 1.25 bits per heavy atom. The maximum Gasteiger partial charge on any atom is 0.128 e. The summed E-state index contributed by atoms with van der Waals surface area (Å²) in [5.74, 6) is -0.847. The Balaban J connectivity index is 2.10. The molecule has 0 aliphatic rings. The van der Waals surface area contributed by atoms with Gasteiger partial charge in [-0.15, -0.1) is 0 Å². The zero-order chi connectivity index (χ0) is 14.5. The smallest absolute Gasteiger partial charge is 0.128 e. The topological polar surface area (TPSA) is 29.9 Å². The summed E-state index contributed by atoms with van der Waals surface area (Å²) >= 11 is 0. The molecule has 1 heterocycles. The number of hydrogen-bond donors (Lipinski definition) is 1. The number of hydrogen-bond acceptors (Lipinski definition) is 2. The van der Waals surface area contributed by atoms with Gasteiger partial charge in [-0.1, -0.05) is 6.92 Å². The van der Waals surface area contributed by atoms with Crippen LogP contribution in [0.5, 0.6) is 0 Å². The van der Waals surface area contributed by atoms with Crippen LogP contribution in [0.1, 0.15) is 30.2 Å². The van der Waals surface area contributed by atoms with E-state index >= 15 is 0 Å². The third-order valence-electron chi connectivity index (χ3n) is 3.13. The predicted octanol–water partition coefficient (Wildman–Crippen LogP) is 3.02.